The quantitative estimate of drug-likeness (QED) is 0.755. The lowest BCUT2D eigenvalue weighted by Crippen LogP contribution is -2.45. The van der Waals surface area contributed by atoms with Crippen molar-refractivity contribution in [3.05, 3.63) is 34.3 Å². The molecule has 3 heteroatoms. The number of hydrogen-bond acceptors (Lipinski definition) is 1. The Labute approximate surface area is 126 Å². The van der Waals surface area contributed by atoms with Crippen LogP contribution in [0.25, 0.3) is 0 Å². The van der Waals surface area contributed by atoms with Gasteiger partial charge in [0.25, 0.3) is 5.91 Å². The van der Waals surface area contributed by atoms with Gasteiger partial charge in [-0.05, 0) is 48.8 Å². The van der Waals surface area contributed by atoms with E-state index >= 15 is 0 Å². The first-order chi connectivity index (χ1) is 9.29. The third-order valence-corrected chi connectivity index (χ3v) is 5.01. The SMILES string of the molecule is Cc1ccc(C(=O)N2[C@H](C(C)(C)C)C[C@@H]3C[C@@H]32)c(Cl)c1. The van der Waals surface area contributed by atoms with Crippen LogP contribution in [0.15, 0.2) is 18.2 Å². The van der Waals surface area contributed by atoms with E-state index in [1.54, 1.807) is 0 Å². The van der Waals surface area contributed by atoms with E-state index in [0.717, 1.165) is 12.0 Å². The van der Waals surface area contributed by atoms with Crippen LogP contribution in [0.1, 0.15) is 49.5 Å². The molecule has 20 heavy (non-hydrogen) atoms. The number of nitrogens with zero attached hydrogens (tertiary/aromatic N) is 1. The first-order valence-electron chi connectivity index (χ1n) is 7.38. The molecule has 1 heterocycles. The van der Waals surface area contributed by atoms with Crippen LogP contribution in [-0.2, 0) is 0 Å². The number of amides is 1. The molecule has 3 rings (SSSR count). The Bertz CT molecular complexity index is 561. The molecule has 1 aliphatic heterocycles. The molecule has 0 unspecified atom stereocenters. The predicted molar refractivity (Wildman–Crippen MR) is 82.1 cm³/mol. The Morgan fingerprint density at radius 2 is 2.00 bits per heavy atom. The average molecular weight is 292 g/mol. The van der Waals surface area contributed by atoms with Gasteiger partial charge in [0, 0.05) is 12.1 Å². The lowest BCUT2D eigenvalue weighted by Gasteiger charge is -2.37. The minimum absolute atomic E-state index is 0.111. The number of carbonyl (C=O) groups excluding carboxylic acids is 1. The second-order valence-corrected chi connectivity index (χ2v) is 7.78. The van der Waals surface area contributed by atoms with Crippen molar-refractivity contribution in [1.29, 1.82) is 0 Å². The molecule has 1 aromatic rings. The van der Waals surface area contributed by atoms with Gasteiger partial charge in [0.05, 0.1) is 10.6 Å². The Hall–Kier alpha value is -1.02. The largest absolute Gasteiger partial charge is 0.332 e. The number of hydrogen-bond donors (Lipinski definition) is 0. The van der Waals surface area contributed by atoms with Gasteiger partial charge >= 0.3 is 0 Å². The molecule has 1 aliphatic carbocycles. The van der Waals surface area contributed by atoms with E-state index in [1.165, 1.54) is 6.42 Å². The minimum Gasteiger partial charge on any atom is -0.332 e. The number of carbonyl (C=O) groups is 1. The zero-order valence-corrected chi connectivity index (χ0v) is 13.4. The molecule has 0 aromatic heterocycles. The number of benzene rings is 1. The molecule has 1 saturated heterocycles. The fourth-order valence-corrected chi connectivity index (χ4v) is 3.77. The average Bonchev–Trinajstić information content (AvgIpc) is 2.98. The number of likely N-dealkylation sites (tertiary alicyclic amines) is 1. The third-order valence-electron chi connectivity index (χ3n) is 4.69. The van der Waals surface area contributed by atoms with Crippen LogP contribution in [0.2, 0.25) is 5.02 Å². The lowest BCUT2D eigenvalue weighted by molar-refractivity contribution is 0.0565. The first kappa shape index (κ1) is 13.9. The van der Waals surface area contributed by atoms with Gasteiger partial charge in [-0.1, -0.05) is 38.4 Å². The summed E-state index contributed by atoms with van der Waals surface area (Å²) < 4.78 is 0. The zero-order valence-electron chi connectivity index (χ0n) is 12.6. The van der Waals surface area contributed by atoms with E-state index in [2.05, 4.69) is 25.7 Å². The standard InChI is InChI=1S/C17H22ClNO/c1-10-5-6-12(13(18)7-10)16(20)19-14-8-11(14)9-15(19)17(2,3)4/h5-7,11,14-15H,8-9H2,1-4H3/t11-,14-,15-/m0/s1. The normalized spacial score (nSPS) is 28.4. The first-order valence-corrected chi connectivity index (χ1v) is 7.75. The van der Waals surface area contributed by atoms with Gasteiger partial charge in [0.15, 0.2) is 0 Å². The lowest BCUT2D eigenvalue weighted by atomic mass is 9.84. The highest BCUT2D eigenvalue weighted by molar-refractivity contribution is 6.33. The summed E-state index contributed by atoms with van der Waals surface area (Å²) in [6, 6.07) is 6.49. The summed E-state index contributed by atoms with van der Waals surface area (Å²) in [6.45, 7) is 8.66. The molecular formula is C17H22ClNO. The number of fused-ring (bicyclic) bond motifs is 1. The van der Waals surface area contributed by atoms with Crippen molar-refractivity contribution in [2.24, 2.45) is 11.3 Å². The molecule has 1 saturated carbocycles. The van der Waals surface area contributed by atoms with E-state index in [-0.39, 0.29) is 11.3 Å². The zero-order chi connectivity index (χ0) is 14.7. The fourth-order valence-electron chi connectivity index (χ4n) is 3.45. The fraction of sp³-hybridized carbons (Fsp3) is 0.588. The van der Waals surface area contributed by atoms with Gasteiger partial charge < -0.3 is 4.90 Å². The Morgan fingerprint density at radius 1 is 1.30 bits per heavy atom. The van der Waals surface area contributed by atoms with Crippen molar-refractivity contribution in [3.8, 4) is 0 Å². The topological polar surface area (TPSA) is 20.3 Å². The molecule has 3 atom stereocenters. The predicted octanol–water partition coefficient (Wildman–Crippen LogP) is 4.30. The van der Waals surface area contributed by atoms with Crippen LogP contribution in [0.3, 0.4) is 0 Å². The summed E-state index contributed by atoms with van der Waals surface area (Å²) in [5.41, 5.74) is 1.86. The molecule has 0 bridgehead atoms. The highest BCUT2D eigenvalue weighted by Crippen LogP contribution is 2.52. The van der Waals surface area contributed by atoms with Gasteiger partial charge in [0.2, 0.25) is 0 Å². The highest BCUT2D eigenvalue weighted by atomic mass is 35.5. The molecule has 2 aliphatic rings. The van der Waals surface area contributed by atoms with Crippen LogP contribution in [0, 0.1) is 18.3 Å². The number of halogens is 1. The number of rotatable bonds is 1. The monoisotopic (exact) mass is 291 g/mol. The summed E-state index contributed by atoms with van der Waals surface area (Å²) in [5, 5.41) is 0.576. The molecule has 108 valence electrons. The maximum atomic E-state index is 12.9. The molecule has 1 aromatic carbocycles. The number of aryl methyl sites for hydroxylation is 1. The van der Waals surface area contributed by atoms with E-state index < -0.39 is 0 Å². The molecule has 2 fully saturated rings. The third kappa shape index (κ3) is 2.24. The molecule has 0 N–H and O–H groups in total. The van der Waals surface area contributed by atoms with Gasteiger partial charge in [-0.2, -0.15) is 0 Å². The van der Waals surface area contributed by atoms with E-state index in [4.69, 9.17) is 11.6 Å². The van der Waals surface area contributed by atoms with E-state index in [0.29, 0.717) is 28.6 Å². The van der Waals surface area contributed by atoms with Crippen molar-refractivity contribution in [3.63, 3.8) is 0 Å². The molecule has 0 spiro atoms. The summed E-state index contributed by atoms with van der Waals surface area (Å²) >= 11 is 6.28. The van der Waals surface area contributed by atoms with Crippen LogP contribution >= 0.6 is 11.6 Å². The van der Waals surface area contributed by atoms with Gasteiger partial charge in [-0.3, -0.25) is 4.79 Å². The summed E-state index contributed by atoms with van der Waals surface area (Å²) in [4.78, 5) is 15.0. The highest BCUT2D eigenvalue weighted by Gasteiger charge is 2.56. The van der Waals surface area contributed by atoms with Crippen molar-refractivity contribution in [2.45, 2.75) is 52.6 Å². The van der Waals surface area contributed by atoms with Gasteiger partial charge in [0.1, 0.15) is 0 Å². The Kier molecular flexibility index (Phi) is 3.13. The van der Waals surface area contributed by atoms with Crippen molar-refractivity contribution in [2.75, 3.05) is 0 Å². The number of piperidine rings is 1. The second-order valence-electron chi connectivity index (χ2n) is 7.38. The van der Waals surface area contributed by atoms with Crippen molar-refractivity contribution < 1.29 is 4.79 Å². The van der Waals surface area contributed by atoms with Crippen LogP contribution < -0.4 is 0 Å². The van der Waals surface area contributed by atoms with Gasteiger partial charge in [-0.25, -0.2) is 0 Å². The maximum absolute atomic E-state index is 12.9. The van der Waals surface area contributed by atoms with E-state index in [1.807, 2.05) is 25.1 Å². The molecule has 1 amide bonds. The molecular weight excluding hydrogens is 270 g/mol. The van der Waals surface area contributed by atoms with Crippen molar-refractivity contribution in [1.82, 2.24) is 4.90 Å². The van der Waals surface area contributed by atoms with E-state index in [9.17, 15) is 4.79 Å². The Morgan fingerprint density at radius 3 is 2.60 bits per heavy atom. The summed E-state index contributed by atoms with van der Waals surface area (Å²) in [7, 11) is 0. The summed E-state index contributed by atoms with van der Waals surface area (Å²) in [5.74, 6) is 0.826. The van der Waals surface area contributed by atoms with Crippen LogP contribution in [0.4, 0.5) is 0 Å². The smallest absolute Gasteiger partial charge is 0.255 e. The van der Waals surface area contributed by atoms with Gasteiger partial charge in [-0.15, -0.1) is 0 Å². The molecule has 0 radical (unpaired) electrons. The molecule has 2 nitrogen and oxygen atoms in total. The van der Waals surface area contributed by atoms with Crippen molar-refractivity contribution >= 4 is 17.5 Å². The minimum atomic E-state index is 0.111. The summed E-state index contributed by atoms with van der Waals surface area (Å²) in [6.07, 6.45) is 2.31. The maximum Gasteiger partial charge on any atom is 0.255 e. The Balaban J connectivity index is 1.93. The van der Waals surface area contributed by atoms with Crippen LogP contribution in [0.5, 0.6) is 0 Å². The second kappa shape index (κ2) is 4.49. The van der Waals surface area contributed by atoms with Crippen LogP contribution in [-0.4, -0.2) is 22.9 Å².